The molecule has 6 nitrogen and oxygen atoms in total. The number of carbonyl (C=O) groups excluding carboxylic acids is 1. The molecule has 1 aliphatic heterocycles. The molecular weight excluding hydrogens is 321 g/mol. The molecule has 0 radical (unpaired) electrons. The predicted molar refractivity (Wildman–Crippen MR) is 97.4 cm³/mol. The molecule has 0 unspecified atom stereocenters. The van der Waals surface area contributed by atoms with Crippen molar-refractivity contribution in [3.05, 3.63) is 34.8 Å². The lowest BCUT2D eigenvalue weighted by Crippen LogP contribution is -2.41. The number of nitrogens with two attached hydrogens (primary N) is 1. The summed E-state index contributed by atoms with van der Waals surface area (Å²) in [7, 11) is 2.36. The normalized spacial score (nSPS) is 19.0. The zero-order chi connectivity index (χ0) is 18.8. The minimum absolute atomic E-state index is 0.277. The average Bonchev–Trinajstić information content (AvgIpc) is 2.79. The van der Waals surface area contributed by atoms with Crippen molar-refractivity contribution in [2.24, 2.45) is 5.73 Å². The Morgan fingerprint density at radius 3 is 2.28 bits per heavy atom. The van der Waals surface area contributed by atoms with Crippen molar-refractivity contribution in [3.8, 4) is 5.75 Å². The van der Waals surface area contributed by atoms with Gasteiger partial charge in [0.2, 0.25) is 0 Å². The van der Waals surface area contributed by atoms with Gasteiger partial charge >= 0.3 is 13.1 Å². The number of benzene rings is 1. The molecule has 0 atom stereocenters. The third-order valence-corrected chi connectivity index (χ3v) is 4.79. The molecule has 2 rings (SSSR count). The summed E-state index contributed by atoms with van der Waals surface area (Å²) in [4.78, 5) is 11.7. The van der Waals surface area contributed by atoms with Gasteiger partial charge in [0.05, 0.1) is 31.0 Å². The third kappa shape index (κ3) is 3.89. The van der Waals surface area contributed by atoms with Crippen LogP contribution in [0.25, 0.3) is 6.08 Å². The van der Waals surface area contributed by atoms with Crippen molar-refractivity contribution in [2.45, 2.75) is 38.9 Å². The number of ether oxygens (including phenoxy) is 2. The minimum Gasteiger partial charge on any atom is -0.496 e. The zero-order valence-corrected chi connectivity index (χ0v) is 15.7. The molecule has 0 spiro atoms. The number of hydrogen-bond acceptors (Lipinski definition) is 6. The summed E-state index contributed by atoms with van der Waals surface area (Å²) in [6, 6.07) is 5.10. The molecule has 0 aromatic heterocycles. The average molecular weight is 347 g/mol. The first-order chi connectivity index (χ1) is 11.6. The van der Waals surface area contributed by atoms with E-state index in [9.17, 15) is 4.79 Å². The Hall–Kier alpha value is -1.83. The van der Waals surface area contributed by atoms with Gasteiger partial charge in [0.1, 0.15) is 5.75 Å². The molecule has 1 aromatic carbocycles. The SMILES string of the molecule is COC(=O)c1ccc(C=C(CN)B2OC(C)(C)C(C)(C)O2)c(OC)c1. The standard InChI is InChI=1S/C18H26BNO5/c1-17(2)18(3,4)25-19(24-17)14(11-20)9-12-7-8-13(16(21)23-6)10-15(12)22-5/h7-10H,11,20H2,1-6H3. The van der Waals surface area contributed by atoms with E-state index in [-0.39, 0.29) is 6.54 Å². The summed E-state index contributed by atoms with van der Waals surface area (Å²) < 4.78 is 22.2. The smallest absolute Gasteiger partial charge is 0.491 e. The Morgan fingerprint density at radius 2 is 1.80 bits per heavy atom. The summed E-state index contributed by atoms with van der Waals surface area (Å²) in [6.07, 6.45) is 1.88. The van der Waals surface area contributed by atoms with E-state index >= 15 is 0 Å². The van der Waals surface area contributed by atoms with Crippen LogP contribution in [-0.4, -0.2) is 45.1 Å². The van der Waals surface area contributed by atoms with Gasteiger partial charge in [-0.1, -0.05) is 12.1 Å². The molecule has 136 valence electrons. The van der Waals surface area contributed by atoms with Crippen LogP contribution in [0.4, 0.5) is 0 Å². The van der Waals surface area contributed by atoms with Gasteiger partial charge in [0.25, 0.3) is 0 Å². The topological polar surface area (TPSA) is 80.0 Å². The van der Waals surface area contributed by atoms with Crippen LogP contribution in [-0.2, 0) is 14.0 Å². The quantitative estimate of drug-likeness (QED) is 0.651. The van der Waals surface area contributed by atoms with Crippen molar-refractivity contribution >= 4 is 19.2 Å². The zero-order valence-electron chi connectivity index (χ0n) is 15.7. The first-order valence-corrected chi connectivity index (χ1v) is 8.17. The largest absolute Gasteiger partial charge is 0.496 e. The Bertz CT molecular complexity index is 668. The van der Waals surface area contributed by atoms with Crippen molar-refractivity contribution in [3.63, 3.8) is 0 Å². The first-order valence-electron chi connectivity index (χ1n) is 8.17. The van der Waals surface area contributed by atoms with Crippen molar-refractivity contribution in [2.75, 3.05) is 20.8 Å². The maximum atomic E-state index is 11.7. The summed E-state index contributed by atoms with van der Waals surface area (Å²) in [5.74, 6) is 0.129. The fourth-order valence-electron chi connectivity index (χ4n) is 2.49. The fourth-order valence-corrected chi connectivity index (χ4v) is 2.49. The van der Waals surface area contributed by atoms with Crippen molar-refractivity contribution in [1.82, 2.24) is 0 Å². The lowest BCUT2D eigenvalue weighted by molar-refractivity contribution is 0.00578. The van der Waals surface area contributed by atoms with Crippen LogP contribution in [0.1, 0.15) is 43.6 Å². The number of hydrogen-bond donors (Lipinski definition) is 1. The Balaban J connectivity index is 2.36. The van der Waals surface area contributed by atoms with Crippen molar-refractivity contribution in [1.29, 1.82) is 0 Å². The molecule has 0 amide bonds. The molecule has 0 bridgehead atoms. The molecule has 0 saturated carbocycles. The van der Waals surface area contributed by atoms with Gasteiger partial charge in [-0.25, -0.2) is 4.79 Å². The van der Waals surface area contributed by atoms with Gasteiger partial charge < -0.3 is 24.5 Å². The molecule has 2 N–H and O–H groups in total. The van der Waals surface area contributed by atoms with Gasteiger partial charge in [0, 0.05) is 12.1 Å². The molecule has 0 aliphatic carbocycles. The Morgan fingerprint density at radius 1 is 1.20 bits per heavy atom. The van der Waals surface area contributed by atoms with Crippen LogP contribution < -0.4 is 10.5 Å². The van der Waals surface area contributed by atoms with Gasteiger partial charge in [-0.2, -0.15) is 0 Å². The van der Waals surface area contributed by atoms with Crippen molar-refractivity contribution < 1.29 is 23.6 Å². The van der Waals surface area contributed by atoms with Crippen LogP contribution in [0.15, 0.2) is 23.7 Å². The molecule has 7 heteroatoms. The maximum Gasteiger partial charge on any atom is 0.491 e. The molecule has 25 heavy (non-hydrogen) atoms. The molecule has 1 saturated heterocycles. The highest BCUT2D eigenvalue weighted by atomic mass is 16.7. The van der Waals surface area contributed by atoms with Crippen LogP contribution in [0.2, 0.25) is 0 Å². The highest BCUT2D eigenvalue weighted by molar-refractivity contribution is 6.55. The van der Waals surface area contributed by atoms with E-state index in [1.54, 1.807) is 25.3 Å². The number of carbonyl (C=O) groups is 1. The van der Waals surface area contributed by atoms with Gasteiger partial charge in [-0.3, -0.25) is 0 Å². The summed E-state index contributed by atoms with van der Waals surface area (Å²) in [6.45, 7) is 8.25. The summed E-state index contributed by atoms with van der Waals surface area (Å²) in [5.41, 5.74) is 7.04. The number of methoxy groups -OCH3 is 2. The van der Waals surface area contributed by atoms with Crippen LogP contribution in [0, 0.1) is 0 Å². The summed E-state index contributed by atoms with van der Waals surface area (Å²) >= 11 is 0. The lowest BCUT2D eigenvalue weighted by Gasteiger charge is -2.32. The van der Waals surface area contributed by atoms with E-state index in [4.69, 9.17) is 24.5 Å². The van der Waals surface area contributed by atoms with Gasteiger partial charge in [-0.15, -0.1) is 0 Å². The summed E-state index contributed by atoms with van der Waals surface area (Å²) in [5, 5.41) is 0. The Labute approximate surface area is 149 Å². The van der Waals surface area contributed by atoms with Crippen LogP contribution in [0.5, 0.6) is 5.75 Å². The minimum atomic E-state index is -0.528. The fraction of sp³-hybridized carbons (Fsp3) is 0.500. The third-order valence-electron chi connectivity index (χ3n) is 4.79. The molecule has 1 heterocycles. The van der Waals surface area contributed by atoms with E-state index in [2.05, 4.69) is 0 Å². The number of esters is 1. The number of rotatable bonds is 5. The highest BCUT2D eigenvalue weighted by Crippen LogP contribution is 2.39. The predicted octanol–water partition coefficient (Wildman–Crippen LogP) is 2.46. The van der Waals surface area contributed by atoms with E-state index in [0.29, 0.717) is 11.3 Å². The van der Waals surface area contributed by atoms with E-state index in [1.807, 2.05) is 33.8 Å². The van der Waals surface area contributed by atoms with Gasteiger partial charge in [0.15, 0.2) is 0 Å². The lowest BCUT2D eigenvalue weighted by atomic mass is 9.77. The molecule has 1 aromatic rings. The second-order valence-electron chi connectivity index (χ2n) is 6.96. The molecule has 1 aliphatic rings. The second kappa shape index (κ2) is 7.19. The molecular formula is C18H26BNO5. The van der Waals surface area contributed by atoms with Gasteiger partial charge in [-0.05, 0) is 45.3 Å². The Kier molecular flexibility index (Phi) is 5.61. The van der Waals surface area contributed by atoms with E-state index < -0.39 is 24.3 Å². The maximum absolute atomic E-state index is 11.7. The highest BCUT2D eigenvalue weighted by Gasteiger charge is 2.52. The van der Waals surface area contributed by atoms with E-state index in [0.717, 1.165) is 11.0 Å². The van der Waals surface area contributed by atoms with E-state index in [1.165, 1.54) is 7.11 Å². The first kappa shape index (κ1) is 19.5. The second-order valence-corrected chi connectivity index (χ2v) is 6.96. The van der Waals surface area contributed by atoms with Crippen LogP contribution in [0.3, 0.4) is 0 Å². The van der Waals surface area contributed by atoms with Crippen LogP contribution >= 0.6 is 0 Å². The molecule has 1 fully saturated rings. The monoisotopic (exact) mass is 347 g/mol.